The van der Waals surface area contributed by atoms with Crippen LogP contribution in [0.4, 0.5) is 4.39 Å². The predicted molar refractivity (Wildman–Crippen MR) is 45.5 cm³/mol. The van der Waals surface area contributed by atoms with Crippen LogP contribution in [0, 0.1) is 0 Å². The van der Waals surface area contributed by atoms with E-state index in [0.717, 1.165) is 5.82 Å². The number of aromatic amines is 1. The van der Waals surface area contributed by atoms with Gasteiger partial charge in [-0.15, -0.1) is 0 Å². The Morgan fingerprint density at radius 2 is 2.33 bits per heavy atom. The minimum atomic E-state index is -1.33. The van der Waals surface area contributed by atoms with E-state index in [9.17, 15) is 4.39 Å². The lowest BCUT2D eigenvalue weighted by Gasteiger charge is -2.10. The molecule has 0 fully saturated rings. The lowest BCUT2D eigenvalue weighted by molar-refractivity contribution is 0.215. The second-order valence-corrected chi connectivity index (χ2v) is 3.25. The van der Waals surface area contributed by atoms with E-state index in [4.69, 9.17) is 0 Å². The third-order valence-corrected chi connectivity index (χ3v) is 1.61. The monoisotopic (exact) mass is 171 g/mol. The predicted octanol–water partition coefficient (Wildman–Crippen LogP) is 1.33. The van der Waals surface area contributed by atoms with Crippen molar-refractivity contribution < 1.29 is 4.39 Å². The number of imidazole rings is 1. The van der Waals surface area contributed by atoms with Crippen molar-refractivity contribution in [2.24, 2.45) is 0 Å². The molecule has 68 valence electrons. The maximum absolute atomic E-state index is 13.3. The molecule has 0 atom stereocenters. The Kier molecular flexibility index (Phi) is 2.47. The molecular formula is C8H14FN3. The van der Waals surface area contributed by atoms with Gasteiger partial charge in [0, 0.05) is 0 Å². The van der Waals surface area contributed by atoms with Gasteiger partial charge >= 0.3 is 0 Å². The molecule has 1 rings (SSSR count). The lowest BCUT2D eigenvalue weighted by Crippen LogP contribution is -2.11. The van der Waals surface area contributed by atoms with Crippen LogP contribution in [0.2, 0.25) is 0 Å². The lowest BCUT2D eigenvalue weighted by atomic mass is 10.1. The van der Waals surface area contributed by atoms with E-state index >= 15 is 0 Å². The normalized spacial score (nSPS) is 12.0. The van der Waals surface area contributed by atoms with Crippen LogP contribution in [0.3, 0.4) is 0 Å². The van der Waals surface area contributed by atoms with Crippen molar-refractivity contribution in [3.8, 4) is 0 Å². The average Bonchev–Trinajstić information content (AvgIpc) is 2.35. The summed E-state index contributed by atoms with van der Waals surface area (Å²) >= 11 is 0. The quantitative estimate of drug-likeness (QED) is 0.720. The number of halogens is 1. The van der Waals surface area contributed by atoms with Gasteiger partial charge in [0.2, 0.25) is 0 Å². The smallest absolute Gasteiger partial charge is 0.146 e. The first-order chi connectivity index (χ1) is 5.54. The van der Waals surface area contributed by atoms with Gasteiger partial charge in [0.15, 0.2) is 0 Å². The van der Waals surface area contributed by atoms with Crippen molar-refractivity contribution in [2.45, 2.75) is 26.1 Å². The van der Waals surface area contributed by atoms with Gasteiger partial charge in [0.1, 0.15) is 11.5 Å². The number of rotatable bonds is 3. The maximum Gasteiger partial charge on any atom is 0.146 e. The molecule has 4 heteroatoms. The second kappa shape index (κ2) is 3.23. The van der Waals surface area contributed by atoms with Crippen molar-refractivity contribution in [1.82, 2.24) is 15.3 Å². The van der Waals surface area contributed by atoms with E-state index in [-0.39, 0.29) is 0 Å². The topological polar surface area (TPSA) is 40.7 Å². The van der Waals surface area contributed by atoms with Gasteiger partial charge in [-0.1, -0.05) is 0 Å². The molecule has 0 saturated heterocycles. The van der Waals surface area contributed by atoms with Crippen molar-refractivity contribution in [2.75, 3.05) is 7.05 Å². The highest BCUT2D eigenvalue weighted by molar-refractivity contribution is 5.08. The summed E-state index contributed by atoms with van der Waals surface area (Å²) in [4.78, 5) is 6.92. The fourth-order valence-corrected chi connectivity index (χ4v) is 0.922. The summed E-state index contributed by atoms with van der Waals surface area (Å²) in [6.07, 6.45) is 1.53. The molecule has 0 aromatic carbocycles. The summed E-state index contributed by atoms with van der Waals surface area (Å²) in [5.41, 5.74) is -0.813. The Morgan fingerprint density at radius 1 is 1.67 bits per heavy atom. The number of alkyl halides is 1. The highest BCUT2D eigenvalue weighted by Gasteiger charge is 2.20. The molecule has 0 saturated carbocycles. The third-order valence-electron chi connectivity index (χ3n) is 1.61. The highest BCUT2D eigenvalue weighted by atomic mass is 19.1. The van der Waals surface area contributed by atoms with Gasteiger partial charge in [-0.05, 0) is 20.9 Å². The number of aromatic nitrogens is 2. The third kappa shape index (κ3) is 2.04. The summed E-state index contributed by atoms with van der Waals surface area (Å²) < 4.78 is 13.3. The molecule has 12 heavy (non-hydrogen) atoms. The summed E-state index contributed by atoms with van der Waals surface area (Å²) in [5.74, 6) is 0.762. The fraction of sp³-hybridized carbons (Fsp3) is 0.625. The molecule has 0 aliphatic carbocycles. The summed E-state index contributed by atoms with van der Waals surface area (Å²) in [6, 6.07) is 0. The summed E-state index contributed by atoms with van der Waals surface area (Å²) in [7, 11) is 1.82. The molecule has 3 nitrogen and oxygen atoms in total. The minimum Gasteiger partial charge on any atom is -0.342 e. The molecule has 0 unspecified atom stereocenters. The molecule has 0 bridgehead atoms. The van der Waals surface area contributed by atoms with E-state index in [1.807, 2.05) is 7.05 Å². The SMILES string of the molecule is CNCc1ncc(C(C)(C)F)[nH]1. The average molecular weight is 171 g/mol. The molecule has 1 aromatic rings. The zero-order chi connectivity index (χ0) is 9.19. The zero-order valence-electron chi connectivity index (χ0n) is 7.61. The number of H-pyrrole nitrogens is 1. The van der Waals surface area contributed by atoms with Gasteiger partial charge < -0.3 is 10.3 Å². The number of hydrogen-bond donors (Lipinski definition) is 2. The largest absolute Gasteiger partial charge is 0.342 e. The van der Waals surface area contributed by atoms with E-state index in [0.29, 0.717) is 12.2 Å². The second-order valence-electron chi connectivity index (χ2n) is 3.25. The minimum absolute atomic E-state index is 0.521. The standard InChI is InChI=1S/C8H14FN3/c1-8(2,9)6-4-11-7(12-6)5-10-3/h4,10H,5H2,1-3H3,(H,11,12). The molecule has 0 aliphatic rings. The van der Waals surface area contributed by atoms with Gasteiger partial charge in [-0.2, -0.15) is 0 Å². The van der Waals surface area contributed by atoms with Crippen LogP contribution in [0.25, 0.3) is 0 Å². The Hall–Kier alpha value is -0.900. The van der Waals surface area contributed by atoms with E-state index in [1.165, 1.54) is 20.0 Å². The van der Waals surface area contributed by atoms with E-state index < -0.39 is 5.67 Å². The van der Waals surface area contributed by atoms with Gasteiger partial charge in [0.05, 0.1) is 18.4 Å². The Morgan fingerprint density at radius 3 is 2.75 bits per heavy atom. The number of nitrogens with zero attached hydrogens (tertiary/aromatic N) is 1. The molecule has 1 heterocycles. The number of nitrogens with one attached hydrogen (secondary N) is 2. The van der Waals surface area contributed by atoms with Crippen LogP contribution in [-0.2, 0) is 12.2 Å². The molecule has 1 aromatic heterocycles. The van der Waals surface area contributed by atoms with Crippen molar-refractivity contribution in [3.63, 3.8) is 0 Å². The maximum atomic E-state index is 13.3. The van der Waals surface area contributed by atoms with Crippen molar-refractivity contribution in [3.05, 3.63) is 17.7 Å². The van der Waals surface area contributed by atoms with Crippen molar-refractivity contribution >= 4 is 0 Å². The molecule has 0 amide bonds. The van der Waals surface area contributed by atoms with Crippen LogP contribution in [0.1, 0.15) is 25.4 Å². The summed E-state index contributed by atoms with van der Waals surface area (Å²) in [6.45, 7) is 3.64. The molecular weight excluding hydrogens is 157 g/mol. The number of hydrogen-bond acceptors (Lipinski definition) is 2. The van der Waals surface area contributed by atoms with Gasteiger partial charge in [-0.3, -0.25) is 0 Å². The van der Waals surface area contributed by atoms with Crippen LogP contribution in [0.15, 0.2) is 6.20 Å². The van der Waals surface area contributed by atoms with Gasteiger partial charge in [-0.25, -0.2) is 9.37 Å². The van der Waals surface area contributed by atoms with Gasteiger partial charge in [0.25, 0.3) is 0 Å². The van der Waals surface area contributed by atoms with Crippen LogP contribution in [0.5, 0.6) is 0 Å². The fourth-order valence-electron chi connectivity index (χ4n) is 0.922. The zero-order valence-corrected chi connectivity index (χ0v) is 7.61. The summed E-state index contributed by atoms with van der Waals surface area (Å²) in [5, 5.41) is 2.93. The molecule has 2 N–H and O–H groups in total. The Labute approximate surface area is 71.4 Å². The first-order valence-corrected chi connectivity index (χ1v) is 3.92. The first-order valence-electron chi connectivity index (χ1n) is 3.92. The van der Waals surface area contributed by atoms with E-state index in [2.05, 4.69) is 15.3 Å². The van der Waals surface area contributed by atoms with Crippen LogP contribution >= 0.6 is 0 Å². The van der Waals surface area contributed by atoms with E-state index in [1.54, 1.807) is 0 Å². The molecule has 0 aliphatic heterocycles. The van der Waals surface area contributed by atoms with Crippen LogP contribution < -0.4 is 5.32 Å². The Balaban J connectivity index is 2.77. The van der Waals surface area contributed by atoms with Crippen molar-refractivity contribution in [1.29, 1.82) is 0 Å². The Bertz CT molecular complexity index is 249. The highest BCUT2D eigenvalue weighted by Crippen LogP contribution is 2.21. The first kappa shape index (κ1) is 9.19. The molecule has 0 spiro atoms. The van der Waals surface area contributed by atoms with Crippen LogP contribution in [-0.4, -0.2) is 17.0 Å². The molecule has 0 radical (unpaired) electrons.